The van der Waals surface area contributed by atoms with E-state index in [2.05, 4.69) is 58.4 Å². The SMILES string of the molecule is Cc1ccc(-c2cccc(CCOC(=O)Nc3ccnc(Nc4ccc(OCCCN5CCCCC5)cc4)n3)n2)c(C)c1C. The van der Waals surface area contributed by atoms with Gasteiger partial charge in [0.1, 0.15) is 11.6 Å². The number of hydrogen-bond donors (Lipinski definition) is 2. The number of aromatic nitrogens is 3. The number of ether oxygens (including phenoxy) is 2. The van der Waals surface area contributed by atoms with Crippen molar-refractivity contribution >= 4 is 23.5 Å². The summed E-state index contributed by atoms with van der Waals surface area (Å²) in [5.41, 5.74) is 7.47. The van der Waals surface area contributed by atoms with Crippen LogP contribution in [0.4, 0.5) is 22.2 Å². The Balaban J connectivity index is 1.05. The number of piperidine rings is 1. The monoisotopic (exact) mass is 594 g/mol. The predicted octanol–water partition coefficient (Wildman–Crippen LogP) is 7.25. The maximum Gasteiger partial charge on any atom is 0.412 e. The quantitative estimate of drug-likeness (QED) is 0.165. The lowest BCUT2D eigenvalue weighted by atomic mass is 9.96. The molecule has 0 aliphatic carbocycles. The summed E-state index contributed by atoms with van der Waals surface area (Å²) in [6.45, 7) is 10.8. The van der Waals surface area contributed by atoms with Crippen molar-refractivity contribution in [2.75, 3.05) is 43.5 Å². The summed E-state index contributed by atoms with van der Waals surface area (Å²) in [5.74, 6) is 1.53. The second-order valence-corrected chi connectivity index (χ2v) is 11.2. The largest absolute Gasteiger partial charge is 0.494 e. The number of amides is 1. The molecule has 0 spiro atoms. The normalized spacial score (nSPS) is 13.3. The van der Waals surface area contributed by atoms with E-state index in [4.69, 9.17) is 14.5 Å². The number of pyridine rings is 1. The molecule has 230 valence electrons. The van der Waals surface area contributed by atoms with E-state index < -0.39 is 6.09 Å². The Bertz CT molecular complexity index is 1540. The lowest BCUT2D eigenvalue weighted by Crippen LogP contribution is -2.31. The Morgan fingerprint density at radius 2 is 1.70 bits per heavy atom. The van der Waals surface area contributed by atoms with Crippen molar-refractivity contribution in [3.05, 3.63) is 89.2 Å². The number of aryl methyl sites for hydroxylation is 1. The van der Waals surface area contributed by atoms with Gasteiger partial charge in [0.15, 0.2) is 0 Å². The molecule has 2 N–H and O–H groups in total. The van der Waals surface area contributed by atoms with E-state index in [0.717, 1.165) is 41.4 Å². The van der Waals surface area contributed by atoms with Gasteiger partial charge in [0.25, 0.3) is 0 Å². The number of rotatable bonds is 12. The van der Waals surface area contributed by atoms with Crippen LogP contribution in [0.2, 0.25) is 0 Å². The molecule has 5 rings (SSSR count). The van der Waals surface area contributed by atoms with Crippen molar-refractivity contribution in [2.45, 2.75) is 52.9 Å². The molecule has 0 bridgehead atoms. The summed E-state index contributed by atoms with van der Waals surface area (Å²) in [6, 6.07) is 19.5. The molecule has 1 fully saturated rings. The van der Waals surface area contributed by atoms with Crippen molar-refractivity contribution in [3.63, 3.8) is 0 Å². The number of likely N-dealkylation sites (tertiary alicyclic amines) is 1. The summed E-state index contributed by atoms with van der Waals surface area (Å²) < 4.78 is 11.3. The Labute approximate surface area is 260 Å². The molecule has 9 heteroatoms. The Hall–Kier alpha value is -4.50. The molecule has 44 heavy (non-hydrogen) atoms. The number of carbonyl (C=O) groups is 1. The number of hydrogen-bond acceptors (Lipinski definition) is 8. The fourth-order valence-corrected chi connectivity index (χ4v) is 5.30. The molecule has 0 saturated carbocycles. The molecule has 9 nitrogen and oxygen atoms in total. The number of nitrogens with one attached hydrogen (secondary N) is 2. The van der Waals surface area contributed by atoms with Gasteiger partial charge in [-0.25, -0.2) is 9.78 Å². The molecule has 1 amide bonds. The minimum absolute atomic E-state index is 0.192. The molecule has 2 aromatic carbocycles. The van der Waals surface area contributed by atoms with Gasteiger partial charge < -0.3 is 19.7 Å². The third kappa shape index (κ3) is 8.76. The Morgan fingerprint density at radius 3 is 2.52 bits per heavy atom. The number of nitrogens with zero attached hydrogens (tertiary/aromatic N) is 4. The van der Waals surface area contributed by atoms with Gasteiger partial charge in [-0.05, 0) is 112 Å². The molecule has 1 aliphatic heterocycles. The predicted molar refractivity (Wildman–Crippen MR) is 175 cm³/mol. The van der Waals surface area contributed by atoms with Crippen LogP contribution in [0.25, 0.3) is 11.3 Å². The smallest absolute Gasteiger partial charge is 0.412 e. The molecular formula is C35H42N6O3. The van der Waals surface area contributed by atoms with Gasteiger partial charge in [-0.2, -0.15) is 4.98 Å². The first-order chi connectivity index (χ1) is 21.4. The third-order valence-corrected chi connectivity index (χ3v) is 8.06. The van der Waals surface area contributed by atoms with Gasteiger partial charge in [0.2, 0.25) is 5.95 Å². The van der Waals surface area contributed by atoms with E-state index in [1.807, 2.05) is 42.5 Å². The van der Waals surface area contributed by atoms with Gasteiger partial charge in [-0.15, -0.1) is 0 Å². The highest BCUT2D eigenvalue weighted by Crippen LogP contribution is 2.26. The maximum atomic E-state index is 12.5. The average Bonchev–Trinajstić information content (AvgIpc) is 3.04. The molecule has 0 radical (unpaired) electrons. The number of carbonyl (C=O) groups excluding carboxylic acids is 1. The number of anilines is 3. The van der Waals surface area contributed by atoms with Crippen LogP contribution in [0.3, 0.4) is 0 Å². The van der Waals surface area contributed by atoms with Crippen LogP contribution in [0.15, 0.2) is 66.9 Å². The van der Waals surface area contributed by atoms with Crippen molar-refractivity contribution in [3.8, 4) is 17.0 Å². The third-order valence-electron chi connectivity index (χ3n) is 8.06. The first-order valence-electron chi connectivity index (χ1n) is 15.5. The lowest BCUT2D eigenvalue weighted by molar-refractivity contribution is 0.162. The zero-order chi connectivity index (χ0) is 30.7. The summed E-state index contributed by atoms with van der Waals surface area (Å²) in [4.78, 5) is 28.4. The molecule has 2 aromatic heterocycles. The van der Waals surface area contributed by atoms with Crippen molar-refractivity contribution in [2.24, 2.45) is 0 Å². The Kier molecular flexibility index (Phi) is 10.8. The molecule has 1 aliphatic rings. The van der Waals surface area contributed by atoms with Crippen molar-refractivity contribution in [1.82, 2.24) is 19.9 Å². The van der Waals surface area contributed by atoms with Gasteiger partial charge in [0.05, 0.1) is 18.9 Å². The fourth-order valence-electron chi connectivity index (χ4n) is 5.30. The minimum atomic E-state index is -0.586. The first-order valence-corrected chi connectivity index (χ1v) is 15.5. The van der Waals surface area contributed by atoms with Crippen LogP contribution >= 0.6 is 0 Å². The highest BCUT2D eigenvalue weighted by Gasteiger charge is 2.11. The van der Waals surface area contributed by atoms with E-state index in [1.54, 1.807) is 12.3 Å². The number of benzene rings is 2. The van der Waals surface area contributed by atoms with E-state index >= 15 is 0 Å². The van der Waals surface area contributed by atoms with E-state index in [1.165, 1.54) is 49.0 Å². The van der Waals surface area contributed by atoms with Crippen LogP contribution in [0, 0.1) is 20.8 Å². The molecule has 3 heterocycles. The van der Waals surface area contributed by atoms with E-state index in [0.29, 0.717) is 24.8 Å². The highest BCUT2D eigenvalue weighted by molar-refractivity contribution is 5.83. The van der Waals surface area contributed by atoms with Crippen LogP contribution in [-0.2, 0) is 11.2 Å². The summed E-state index contributed by atoms with van der Waals surface area (Å²) in [7, 11) is 0. The van der Waals surface area contributed by atoms with Gasteiger partial charge in [0, 0.05) is 36.1 Å². The van der Waals surface area contributed by atoms with Crippen LogP contribution in [-0.4, -0.2) is 58.8 Å². The summed E-state index contributed by atoms with van der Waals surface area (Å²) >= 11 is 0. The van der Waals surface area contributed by atoms with Gasteiger partial charge in [-0.1, -0.05) is 24.6 Å². The lowest BCUT2D eigenvalue weighted by Gasteiger charge is -2.26. The first kappa shape index (κ1) is 30.9. The zero-order valence-electron chi connectivity index (χ0n) is 25.9. The zero-order valence-corrected chi connectivity index (χ0v) is 25.9. The fraction of sp³-hybridized carbons (Fsp3) is 0.371. The second-order valence-electron chi connectivity index (χ2n) is 11.2. The standard InChI is InChI=1S/C35H42N6O3/c1-25-11-16-31(27(3)26(25)2)32-10-7-9-28(37-32)18-24-44-35(42)40-33-17-19-36-34(39-33)38-29-12-14-30(15-13-29)43-23-8-22-41-20-5-4-6-21-41/h7,9-17,19H,4-6,8,18,20-24H2,1-3H3,(H2,36,38,39,40,42). The summed E-state index contributed by atoms with van der Waals surface area (Å²) in [5, 5.41) is 5.84. The average molecular weight is 595 g/mol. The summed E-state index contributed by atoms with van der Waals surface area (Å²) in [6.07, 6.45) is 6.49. The molecule has 1 saturated heterocycles. The van der Waals surface area contributed by atoms with Gasteiger partial charge in [-0.3, -0.25) is 10.3 Å². The minimum Gasteiger partial charge on any atom is -0.494 e. The molecular weight excluding hydrogens is 552 g/mol. The van der Waals surface area contributed by atoms with Crippen LogP contribution in [0.1, 0.15) is 48.1 Å². The van der Waals surface area contributed by atoms with Crippen molar-refractivity contribution in [1.29, 1.82) is 0 Å². The second kappa shape index (κ2) is 15.3. The van der Waals surface area contributed by atoms with Crippen LogP contribution in [0.5, 0.6) is 5.75 Å². The molecule has 0 atom stereocenters. The Morgan fingerprint density at radius 1 is 0.886 bits per heavy atom. The van der Waals surface area contributed by atoms with Crippen molar-refractivity contribution < 1.29 is 14.3 Å². The van der Waals surface area contributed by atoms with E-state index in [-0.39, 0.29) is 6.61 Å². The van der Waals surface area contributed by atoms with E-state index in [9.17, 15) is 4.79 Å². The van der Waals surface area contributed by atoms with Crippen LogP contribution < -0.4 is 15.4 Å². The van der Waals surface area contributed by atoms with Gasteiger partial charge >= 0.3 is 6.09 Å². The topological polar surface area (TPSA) is 102 Å². The maximum absolute atomic E-state index is 12.5. The molecule has 4 aromatic rings. The molecule has 0 unspecified atom stereocenters. The highest BCUT2D eigenvalue weighted by atomic mass is 16.5.